The van der Waals surface area contributed by atoms with Crippen molar-refractivity contribution in [2.45, 2.75) is 20.4 Å². The Labute approximate surface area is 152 Å². The third kappa shape index (κ3) is 6.44. The van der Waals surface area contributed by atoms with E-state index in [1.165, 1.54) is 24.4 Å². The maximum Gasteiger partial charge on any atom is 0.235 e. The van der Waals surface area contributed by atoms with E-state index in [1.54, 1.807) is 32.0 Å². The van der Waals surface area contributed by atoms with E-state index < -0.39 is 27.3 Å². The van der Waals surface area contributed by atoms with Gasteiger partial charge >= 0.3 is 0 Å². The Kier molecular flexibility index (Phi) is 6.68. The quantitative estimate of drug-likeness (QED) is 0.761. The second kappa shape index (κ2) is 8.75. The first-order valence-corrected chi connectivity index (χ1v) is 9.92. The molecule has 0 fully saturated rings. The maximum absolute atomic E-state index is 13.3. The van der Waals surface area contributed by atoms with E-state index in [2.05, 4.69) is 10.3 Å². The molecule has 8 heteroatoms. The van der Waals surface area contributed by atoms with Crippen LogP contribution in [0.1, 0.15) is 19.4 Å². The van der Waals surface area contributed by atoms with E-state index >= 15 is 0 Å². The second-order valence-electron chi connectivity index (χ2n) is 6.25. The summed E-state index contributed by atoms with van der Waals surface area (Å²) in [5.41, 5.74) is 0.548. The van der Waals surface area contributed by atoms with E-state index in [-0.39, 0.29) is 29.8 Å². The van der Waals surface area contributed by atoms with Crippen LogP contribution in [0.3, 0.4) is 0 Å². The molecular formula is C18H21FN2O4S. The fourth-order valence-electron chi connectivity index (χ4n) is 2.30. The SMILES string of the molecule is CC(C)CS(=O)(=O)CC(=O)NCc1cccnc1Oc1cccc(F)c1. The van der Waals surface area contributed by atoms with Gasteiger partial charge in [0.05, 0.1) is 5.75 Å². The van der Waals surface area contributed by atoms with Gasteiger partial charge < -0.3 is 10.1 Å². The molecule has 0 aliphatic carbocycles. The van der Waals surface area contributed by atoms with E-state index in [1.807, 2.05) is 0 Å². The molecule has 0 bridgehead atoms. The number of carbonyl (C=O) groups is 1. The van der Waals surface area contributed by atoms with Gasteiger partial charge in [0.1, 0.15) is 17.3 Å². The highest BCUT2D eigenvalue weighted by Gasteiger charge is 2.18. The van der Waals surface area contributed by atoms with Crippen LogP contribution in [0.15, 0.2) is 42.6 Å². The highest BCUT2D eigenvalue weighted by atomic mass is 32.2. The molecule has 6 nitrogen and oxygen atoms in total. The topological polar surface area (TPSA) is 85.4 Å². The van der Waals surface area contributed by atoms with Gasteiger partial charge in [0.15, 0.2) is 9.84 Å². The van der Waals surface area contributed by atoms with E-state index in [9.17, 15) is 17.6 Å². The number of nitrogens with one attached hydrogen (secondary N) is 1. The molecule has 2 aromatic rings. The lowest BCUT2D eigenvalue weighted by molar-refractivity contribution is -0.118. The van der Waals surface area contributed by atoms with Crippen LogP contribution in [-0.4, -0.2) is 30.8 Å². The largest absolute Gasteiger partial charge is 0.439 e. The van der Waals surface area contributed by atoms with Crippen LogP contribution in [0, 0.1) is 11.7 Å². The lowest BCUT2D eigenvalue weighted by Gasteiger charge is -2.11. The molecule has 1 amide bonds. The van der Waals surface area contributed by atoms with Crippen LogP contribution in [0.4, 0.5) is 4.39 Å². The summed E-state index contributed by atoms with van der Waals surface area (Å²) < 4.78 is 42.6. The smallest absolute Gasteiger partial charge is 0.235 e. The number of aromatic nitrogens is 1. The number of ether oxygens (including phenoxy) is 1. The van der Waals surface area contributed by atoms with Gasteiger partial charge in [-0.25, -0.2) is 17.8 Å². The molecule has 0 radical (unpaired) electrons. The van der Waals surface area contributed by atoms with Crippen LogP contribution in [0.5, 0.6) is 11.6 Å². The Balaban J connectivity index is 2.01. The lowest BCUT2D eigenvalue weighted by atomic mass is 10.2. The minimum Gasteiger partial charge on any atom is -0.439 e. The average Bonchev–Trinajstić information content (AvgIpc) is 2.52. The first kappa shape index (κ1) is 19.8. The molecule has 0 atom stereocenters. The summed E-state index contributed by atoms with van der Waals surface area (Å²) in [6.07, 6.45) is 1.51. The second-order valence-corrected chi connectivity index (χ2v) is 8.36. The Hall–Kier alpha value is -2.48. The van der Waals surface area contributed by atoms with Crippen LogP contribution in [-0.2, 0) is 21.2 Å². The standard InChI is InChI=1S/C18H21FN2O4S/c1-13(2)11-26(23,24)12-17(22)21-10-14-5-4-8-20-18(14)25-16-7-3-6-15(19)9-16/h3-9,13H,10-12H2,1-2H3,(H,21,22). The fraction of sp³-hybridized carbons (Fsp3) is 0.333. The first-order valence-electron chi connectivity index (χ1n) is 8.09. The van der Waals surface area contributed by atoms with Crippen molar-refractivity contribution in [1.82, 2.24) is 10.3 Å². The fourth-order valence-corrected chi connectivity index (χ4v) is 3.94. The van der Waals surface area contributed by atoms with Gasteiger partial charge in [0.2, 0.25) is 11.8 Å². The van der Waals surface area contributed by atoms with Crippen molar-refractivity contribution in [3.05, 3.63) is 54.0 Å². The Morgan fingerprint density at radius 1 is 1.27 bits per heavy atom. The van der Waals surface area contributed by atoms with Gasteiger partial charge in [-0.2, -0.15) is 0 Å². The van der Waals surface area contributed by atoms with Crippen molar-refractivity contribution < 1.29 is 22.3 Å². The molecule has 0 saturated heterocycles. The minimum atomic E-state index is -3.45. The maximum atomic E-state index is 13.3. The molecular weight excluding hydrogens is 359 g/mol. The molecule has 1 N–H and O–H groups in total. The summed E-state index contributed by atoms with van der Waals surface area (Å²) in [4.78, 5) is 16.0. The molecule has 2 rings (SSSR count). The number of rotatable bonds is 8. The van der Waals surface area contributed by atoms with Crippen molar-refractivity contribution in [3.8, 4) is 11.6 Å². The molecule has 1 aromatic heterocycles. The van der Waals surface area contributed by atoms with Crippen molar-refractivity contribution >= 4 is 15.7 Å². The molecule has 1 heterocycles. The predicted molar refractivity (Wildman–Crippen MR) is 96.0 cm³/mol. The predicted octanol–water partition coefficient (Wildman–Crippen LogP) is 2.70. The average molecular weight is 380 g/mol. The molecule has 26 heavy (non-hydrogen) atoms. The van der Waals surface area contributed by atoms with Crippen LogP contribution in [0.25, 0.3) is 0 Å². The zero-order valence-corrected chi connectivity index (χ0v) is 15.4. The van der Waals surface area contributed by atoms with Gasteiger partial charge in [0, 0.05) is 24.4 Å². The van der Waals surface area contributed by atoms with Gasteiger partial charge in [-0.15, -0.1) is 0 Å². The molecule has 0 spiro atoms. The normalized spacial score (nSPS) is 11.4. The molecule has 1 aromatic carbocycles. The monoisotopic (exact) mass is 380 g/mol. The number of nitrogens with zero attached hydrogens (tertiary/aromatic N) is 1. The molecule has 140 valence electrons. The summed E-state index contributed by atoms with van der Waals surface area (Å²) in [5.74, 6) is -1.20. The van der Waals surface area contributed by atoms with E-state index in [4.69, 9.17) is 4.74 Å². The summed E-state index contributed by atoms with van der Waals surface area (Å²) >= 11 is 0. The van der Waals surface area contributed by atoms with Gasteiger partial charge in [-0.1, -0.05) is 26.0 Å². The summed E-state index contributed by atoms with van der Waals surface area (Å²) in [5, 5.41) is 2.55. The molecule has 0 aliphatic rings. The summed E-state index contributed by atoms with van der Waals surface area (Å²) in [6, 6.07) is 8.95. The Bertz CT molecular complexity index is 869. The van der Waals surface area contributed by atoms with Crippen LogP contribution < -0.4 is 10.1 Å². The summed E-state index contributed by atoms with van der Waals surface area (Å²) in [6.45, 7) is 3.61. The van der Waals surface area contributed by atoms with Crippen molar-refractivity contribution in [2.75, 3.05) is 11.5 Å². The number of hydrogen-bond donors (Lipinski definition) is 1. The van der Waals surface area contributed by atoms with Gasteiger partial charge in [0.25, 0.3) is 0 Å². The Morgan fingerprint density at radius 3 is 2.73 bits per heavy atom. The minimum absolute atomic E-state index is 0.0404. The number of benzene rings is 1. The molecule has 0 saturated carbocycles. The third-order valence-corrected chi connectivity index (χ3v) is 5.15. The van der Waals surface area contributed by atoms with Gasteiger partial charge in [-0.3, -0.25) is 4.79 Å². The number of halogens is 1. The lowest BCUT2D eigenvalue weighted by Crippen LogP contribution is -2.31. The third-order valence-electron chi connectivity index (χ3n) is 3.27. The zero-order valence-electron chi connectivity index (χ0n) is 14.6. The highest BCUT2D eigenvalue weighted by molar-refractivity contribution is 7.92. The van der Waals surface area contributed by atoms with Crippen LogP contribution >= 0.6 is 0 Å². The van der Waals surface area contributed by atoms with Gasteiger partial charge in [-0.05, 0) is 24.1 Å². The number of amides is 1. The first-order chi connectivity index (χ1) is 12.2. The molecule has 0 aliphatic heterocycles. The number of hydrogen-bond acceptors (Lipinski definition) is 5. The highest BCUT2D eigenvalue weighted by Crippen LogP contribution is 2.23. The van der Waals surface area contributed by atoms with Crippen molar-refractivity contribution in [1.29, 1.82) is 0 Å². The number of sulfone groups is 1. The molecule has 0 unspecified atom stereocenters. The van der Waals surface area contributed by atoms with Crippen molar-refractivity contribution in [3.63, 3.8) is 0 Å². The number of pyridine rings is 1. The zero-order chi connectivity index (χ0) is 19.2. The number of carbonyl (C=O) groups excluding carboxylic acids is 1. The Morgan fingerprint density at radius 2 is 2.04 bits per heavy atom. The summed E-state index contributed by atoms with van der Waals surface area (Å²) in [7, 11) is -3.45. The van der Waals surface area contributed by atoms with E-state index in [0.29, 0.717) is 5.56 Å². The van der Waals surface area contributed by atoms with Crippen molar-refractivity contribution in [2.24, 2.45) is 5.92 Å². The van der Waals surface area contributed by atoms with E-state index in [0.717, 1.165) is 0 Å². The van der Waals surface area contributed by atoms with Crippen LogP contribution in [0.2, 0.25) is 0 Å².